The van der Waals surface area contributed by atoms with E-state index in [2.05, 4.69) is 12.2 Å². The van der Waals surface area contributed by atoms with Crippen LogP contribution < -0.4 is 11.1 Å². The zero-order valence-electron chi connectivity index (χ0n) is 6.06. The third-order valence-electron chi connectivity index (χ3n) is 2.11. The summed E-state index contributed by atoms with van der Waals surface area (Å²) in [7, 11) is 0. The number of nitrogens with one attached hydrogen (secondary N) is 1. The summed E-state index contributed by atoms with van der Waals surface area (Å²) in [5, 5.41) is 3.12. The molecule has 1 unspecified atom stereocenters. The first-order valence-electron chi connectivity index (χ1n) is 3.75. The second-order valence-electron chi connectivity index (χ2n) is 2.97. The zero-order valence-corrected chi connectivity index (χ0v) is 6.06. The van der Waals surface area contributed by atoms with Gasteiger partial charge in [-0.25, -0.2) is 0 Å². The van der Waals surface area contributed by atoms with E-state index in [9.17, 15) is 0 Å². The molecule has 0 aliphatic heterocycles. The summed E-state index contributed by atoms with van der Waals surface area (Å²) < 4.78 is 0. The monoisotopic (exact) mass is 128 g/mol. The lowest BCUT2D eigenvalue weighted by Crippen LogP contribution is -2.23. The lowest BCUT2D eigenvalue weighted by Gasteiger charge is -1.97. The normalized spacial score (nSPS) is 32.7. The van der Waals surface area contributed by atoms with Crippen LogP contribution in [0.15, 0.2) is 0 Å². The summed E-state index contributed by atoms with van der Waals surface area (Å²) in [5.74, 6) is 1.99. The van der Waals surface area contributed by atoms with Gasteiger partial charge in [-0.15, -0.1) is 0 Å². The quantitative estimate of drug-likeness (QED) is 0.428. The number of nitrogens with two attached hydrogens (primary N) is 1. The molecule has 1 rings (SSSR count). The molecular formula is C7H16N2. The van der Waals surface area contributed by atoms with Crippen molar-refractivity contribution >= 4 is 0 Å². The van der Waals surface area contributed by atoms with Gasteiger partial charge in [-0.05, 0) is 31.2 Å². The largest absolute Gasteiger partial charge is 0.318 e. The Morgan fingerprint density at radius 3 is 2.78 bits per heavy atom. The summed E-state index contributed by atoms with van der Waals surface area (Å²) in [5.41, 5.74) is 5.26. The fraction of sp³-hybridized carbons (Fsp3) is 1.00. The Balaban J connectivity index is 1.83. The summed E-state index contributed by atoms with van der Waals surface area (Å²) in [4.78, 5) is 0. The number of hydrogen-bond donors (Lipinski definition) is 2. The van der Waals surface area contributed by atoms with Crippen LogP contribution in [-0.2, 0) is 0 Å². The second kappa shape index (κ2) is 3.18. The number of hydrogen-bond acceptors (Lipinski definition) is 2. The van der Waals surface area contributed by atoms with E-state index in [1.54, 1.807) is 0 Å². The van der Waals surface area contributed by atoms with Gasteiger partial charge in [0.05, 0.1) is 0 Å². The van der Waals surface area contributed by atoms with E-state index in [4.69, 9.17) is 5.73 Å². The van der Waals surface area contributed by atoms with Crippen LogP contribution >= 0.6 is 0 Å². The van der Waals surface area contributed by atoms with Crippen molar-refractivity contribution in [3.8, 4) is 0 Å². The maximum atomic E-state index is 5.26. The highest BCUT2D eigenvalue weighted by molar-refractivity contribution is 4.82. The van der Waals surface area contributed by atoms with Gasteiger partial charge in [0.15, 0.2) is 0 Å². The molecule has 9 heavy (non-hydrogen) atoms. The summed E-state index contributed by atoms with van der Waals surface area (Å²) in [6.07, 6.45) is 2.75. The average molecular weight is 128 g/mol. The van der Waals surface area contributed by atoms with E-state index in [1.165, 1.54) is 12.8 Å². The molecule has 3 N–H and O–H groups in total. The zero-order chi connectivity index (χ0) is 6.69. The summed E-state index contributed by atoms with van der Waals surface area (Å²) in [6, 6.07) is 0. The first-order valence-corrected chi connectivity index (χ1v) is 3.75. The molecule has 1 aliphatic carbocycles. The molecule has 0 aromatic heterocycles. The predicted molar refractivity (Wildman–Crippen MR) is 38.9 cm³/mol. The van der Waals surface area contributed by atoms with Gasteiger partial charge in [0.25, 0.3) is 0 Å². The second-order valence-corrected chi connectivity index (χ2v) is 2.97. The molecule has 0 amide bonds. The lowest BCUT2D eigenvalue weighted by molar-refractivity contribution is 0.599. The molecule has 2 heteroatoms. The van der Waals surface area contributed by atoms with Crippen molar-refractivity contribution in [2.75, 3.05) is 13.2 Å². The van der Waals surface area contributed by atoms with Crippen molar-refractivity contribution in [2.45, 2.75) is 19.8 Å². The minimum Gasteiger partial charge on any atom is -0.318 e. The first kappa shape index (κ1) is 7.03. The topological polar surface area (TPSA) is 38.0 Å². The van der Waals surface area contributed by atoms with Gasteiger partial charge in [0.1, 0.15) is 0 Å². The van der Waals surface area contributed by atoms with E-state index >= 15 is 0 Å². The third kappa shape index (κ3) is 2.33. The minimum absolute atomic E-state index is 0.626. The Hall–Kier alpha value is -0.0800. The van der Waals surface area contributed by atoms with Crippen LogP contribution in [0.2, 0.25) is 0 Å². The van der Waals surface area contributed by atoms with Crippen molar-refractivity contribution < 1.29 is 0 Å². The molecular weight excluding hydrogens is 112 g/mol. The van der Waals surface area contributed by atoms with E-state index < -0.39 is 0 Å². The Labute approximate surface area is 56.8 Å². The SMILES string of the molecule is C[C@H]1CC1CCNCN. The van der Waals surface area contributed by atoms with Crippen molar-refractivity contribution in [2.24, 2.45) is 17.6 Å². The fourth-order valence-electron chi connectivity index (χ4n) is 1.19. The van der Waals surface area contributed by atoms with Gasteiger partial charge in [-0.3, -0.25) is 0 Å². The standard InChI is InChI=1S/C7H16N2/c1-6-4-7(6)2-3-9-5-8/h6-7,9H,2-5,8H2,1H3/t6-,7?/m0/s1. The maximum absolute atomic E-state index is 5.26. The minimum atomic E-state index is 0.626. The molecule has 1 fully saturated rings. The fourth-order valence-corrected chi connectivity index (χ4v) is 1.19. The molecule has 2 nitrogen and oxygen atoms in total. The molecule has 2 atom stereocenters. The Kier molecular flexibility index (Phi) is 2.49. The average Bonchev–Trinajstić information content (AvgIpc) is 2.48. The molecule has 1 aliphatic rings. The molecule has 0 bridgehead atoms. The Morgan fingerprint density at radius 2 is 2.33 bits per heavy atom. The molecule has 0 heterocycles. The molecule has 0 aromatic rings. The van der Waals surface area contributed by atoms with Gasteiger partial charge < -0.3 is 11.1 Å². The molecule has 1 saturated carbocycles. The van der Waals surface area contributed by atoms with Crippen molar-refractivity contribution in [1.29, 1.82) is 0 Å². The van der Waals surface area contributed by atoms with E-state index in [0.29, 0.717) is 6.67 Å². The van der Waals surface area contributed by atoms with Crippen molar-refractivity contribution in [3.05, 3.63) is 0 Å². The van der Waals surface area contributed by atoms with E-state index in [1.807, 2.05) is 0 Å². The van der Waals surface area contributed by atoms with Gasteiger partial charge in [0.2, 0.25) is 0 Å². The summed E-state index contributed by atoms with van der Waals surface area (Å²) >= 11 is 0. The molecule has 0 saturated heterocycles. The van der Waals surface area contributed by atoms with Gasteiger partial charge in [0, 0.05) is 6.67 Å². The highest BCUT2D eigenvalue weighted by Gasteiger charge is 2.31. The molecule has 0 aromatic carbocycles. The number of rotatable bonds is 4. The van der Waals surface area contributed by atoms with Crippen LogP contribution in [0.25, 0.3) is 0 Å². The van der Waals surface area contributed by atoms with Crippen LogP contribution in [0.4, 0.5) is 0 Å². The van der Waals surface area contributed by atoms with Gasteiger partial charge in [-0.2, -0.15) is 0 Å². The van der Waals surface area contributed by atoms with Crippen LogP contribution in [0, 0.1) is 11.8 Å². The highest BCUT2D eigenvalue weighted by atomic mass is 14.9. The maximum Gasteiger partial charge on any atom is 0.0428 e. The molecule has 54 valence electrons. The van der Waals surface area contributed by atoms with Crippen LogP contribution in [0.3, 0.4) is 0 Å². The third-order valence-corrected chi connectivity index (χ3v) is 2.11. The Morgan fingerprint density at radius 1 is 1.67 bits per heavy atom. The van der Waals surface area contributed by atoms with Crippen molar-refractivity contribution in [1.82, 2.24) is 5.32 Å². The van der Waals surface area contributed by atoms with E-state index in [-0.39, 0.29) is 0 Å². The van der Waals surface area contributed by atoms with E-state index in [0.717, 1.165) is 18.4 Å². The smallest absolute Gasteiger partial charge is 0.0428 e. The van der Waals surface area contributed by atoms with Crippen LogP contribution in [0.1, 0.15) is 19.8 Å². The molecule has 0 radical (unpaired) electrons. The van der Waals surface area contributed by atoms with Crippen LogP contribution in [-0.4, -0.2) is 13.2 Å². The molecule has 0 spiro atoms. The predicted octanol–water partition coefficient (Wildman–Crippen LogP) is 0.538. The van der Waals surface area contributed by atoms with Gasteiger partial charge >= 0.3 is 0 Å². The first-order chi connectivity index (χ1) is 4.34. The highest BCUT2D eigenvalue weighted by Crippen LogP contribution is 2.39. The van der Waals surface area contributed by atoms with Gasteiger partial charge in [-0.1, -0.05) is 6.92 Å². The Bertz CT molecular complexity index is 83.0. The summed E-state index contributed by atoms with van der Waals surface area (Å²) in [6.45, 7) is 4.04. The van der Waals surface area contributed by atoms with Crippen LogP contribution in [0.5, 0.6) is 0 Å². The van der Waals surface area contributed by atoms with Crippen molar-refractivity contribution in [3.63, 3.8) is 0 Å². The lowest BCUT2D eigenvalue weighted by atomic mass is 10.2.